The molecule has 1 aliphatic heterocycles. The van der Waals surface area contributed by atoms with Crippen LogP contribution in [0.25, 0.3) is 0 Å². The van der Waals surface area contributed by atoms with Gasteiger partial charge in [-0.25, -0.2) is 9.97 Å². The van der Waals surface area contributed by atoms with Crippen molar-refractivity contribution in [1.29, 1.82) is 0 Å². The number of aryl methyl sites for hydroxylation is 1. The molecular formula is C23H24Cl2N6O2. The fourth-order valence-corrected chi connectivity index (χ4v) is 4.28. The van der Waals surface area contributed by atoms with Crippen molar-refractivity contribution in [1.82, 2.24) is 15.0 Å². The second kappa shape index (κ2) is 9.91. The number of halogens is 2. The Balaban J connectivity index is 1.52. The van der Waals surface area contributed by atoms with Crippen LogP contribution in [0.4, 0.5) is 23.3 Å². The van der Waals surface area contributed by atoms with E-state index < -0.39 is 5.91 Å². The number of nitrogens with one attached hydrogen (secondary N) is 2. The minimum absolute atomic E-state index is 0.0999. The van der Waals surface area contributed by atoms with Gasteiger partial charge in [0.05, 0.1) is 27.8 Å². The number of hydrogen-bond acceptors (Lipinski definition) is 7. The molecule has 1 aromatic carbocycles. The fraction of sp³-hybridized carbons (Fsp3) is 0.304. The van der Waals surface area contributed by atoms with E-state index in [1.165, 1.54) is 0 Å². The summed E-state index contributed by atoms with van der Waals surface area (Å²) in [4.78, 5) is 28.4. The van der Waals surface area contributed by atoms with Crippen molar-refractivity contribution in [3.8, 4) is 0 Å². The molecular weight excluding hydrogens is 463 g/mol. The predicted molar refractivity (Wildman–Crippen MR) is 131 cm³/mol. The van der Waals surface area contributed by atoms with Crippen LogP contribution in [0, 0.1) is 6.92 Å². The maximum absolute atomic E-state index is 12.7. The molecule has 1 aliphatic rings. The summed E-state index contributed by atoms with van der Waals surface area (Å²) in [5.41, 5.74) is 1.58. The molecule has 2 atom stereocenters. The normalized spacial score (nSPS) is 18.2. The molecule has 4 rings (SSSR count). The van der Waals surface area contributed by atoms with Gasteiger partial charge in [0.25, 0.3) is 5.91 Å². The molecule has 172 valence electrons. The highest BCUT2D eigenvalue weighted by atomic mass is 35.5. The van der Waals surface area contributed by atoms with E-state index in [0.717, 1.165) is 18.8 Å². The van der Waals surface area contributed by atoms with E-state index in [4.69, 9.17) is 27.9 Å². The van der Waals surface area contributed by atoms with Crippen LogP contribution in [-0.4, -0.2) is 46.2 Å². The van der Waals surface area contributed by atoms with Gasteiger partial charge in [-0.2, -0.15) is 4.98 Å². The van der Waals surface area contributed by atoms with E-state index in [1.54, 1.807) is 36.5 Å². The van der Waals surface area contributed by atoms with E-state index in [9.17, 15) is 4.79 Å². The summed E-state index contributed by atoms with van der Waals surface area (Å²) < 4.78 is 5.81. The van der Waals surface area contributed by atoms with E-state index in [1.807, 2.05) is 26.8 Å². The number of rotatable bonds is 5. The average molecular weight is 487 g/mol. The maximum atomic E-state index is 12.7. The summed E-state index contributed by atoms with van der Waals surface area (Å²) in [6.07, 6.45) is 1.79. The number of anilines is 4. The Morgan fingerprint density at radius 1 is 1.06 bits per heavy atom. The molecule has 3 heterocycles. The van der Waals surface area contributed by atoms with Crippen LogP contribution in [0.15, 0.2) is 42.6 Å². The van der Waals surface area contributed by atoms with Gasteiger partial charge in [-0.15, -0.1) is 0 Å². The molecule has 1 saturated heterocycles. The third-order valence-electron chi connectivity index (χ3n) is 5.01. The first-order valence-corrected chi connectivity index (χ1v) is 11.3. The quantitative estimate of drug-likeness (QED) is 0.518. The molecule has 2 aromatic heterocycles. The Bertz CT molecular complexity index is 1150. The second-order valence-electron chi connectivity index (χ2n) is 7.96. The number of nitrogens with zero attached hydrogens (tertiary/aromatic N) is 4. The fourth-order valence-electron chi connectivity index (χ4n) is 3.72. The lowest BCUT2D eigenvalue weighted by Gasteiger charge is -2.35. The van der Waals surface area contributed by atoms with E-state index in [2.05, 4.69) is 30.5 Å². The van der Waals surface area contributed by atoms with Crippen molar-refractivity contribution in [3.63, 3.8) is 0 Å². The highest BCUT2D eigenvalue weighted by Gasteiger charge is 2.24. The lowest BCUT2D eigenvalue weighted by molar-refractivity contribution is -0.00572. The van der Waals surface area contributed by atoms with E-state index in [0.29, 0.717) is 23.3 Å². The molecule has 0 spiro atoms. The predicted octanol–water partition coefficient (Wildman–Crippen LogP) is 5.10. The number of aromatic nitrogens is 3. The van der Waals surface area contributed by atoms with Crippen molar-refractivity contribution in [2.45, 2.75) is 33.0 Å². The number of benzene rings is 1. The van der Waals surface area contributed by atoms with Gasteiger partial charge in [0.1, 0.15) is 11.6 Å². The number of carbonyl (C=O) groups excluding carboxylic acids is 1. The van der Waals surface area contributed by atoms with Crippen LogP contribution >= 0.6 is 23.2 Å². The molecule has 0 aliphatic carbocycles. The molecule has 0 radical (unpaired) electrons. The minimum atomic E-state index is -0.404. The molecule has 10 heteroatoms. The standard InChI is InChI=1S/C23H24Cl2N6O2/c1-13-9-20(30-23(27-13)31-11-14(2)33-15(3)12-31)29-19-10-16(7-8-26-19)28-22(32)21-17(24)5-4-6-18(21)25/h4-10,14-15H,11-12H2,1-3H3,(H2,26,27,28,29,30,32). The largest absolute Gasteiger partial charge is 0.372 e. The first-order valence-electron chi connectivity index (χ1n) is 10.5. The van der Waals surface area contributed by atoms with E-state index >= 15 is 0 Å². The van der Waals surface area contributed by atoms with Crippen LogP contribution in [0.5, 0.6) is 0 Å². The molecule has 0 saturated carbocycles. The molecule has 0 bridgehead atoms. The van der Waals surface area contributed by atoms with Crippen LogP contribution < -0.4 is 15.5 Å². The van der Waals surface area contributed by atoms with Crippen molar-refractivity contribution < 1.29 is 9.53 Å². The lowest BCUT2D eigenvalue weighted by atomic mass is 10.2. The van der Waals surface area contributed by atoms with Gasteiger partial charge < -0.3 is 20.3 Å². The smallest absolute Gasteiger partial charge is 0.258 e. The molecule has 1 amide bonds. The van der Waals surface area contributed by atoms with Crippen molar-refractivity contribution in [2.24, 2.45) is 0 Å². The topological polar surface area (TPSA) is 92.3 Å². The Kier molecular flexibility index (Phi) is 6.97. The first kappa shape index (κ1) is 23.2. The zero-order valence-electron chi connectivity index (χ0n) is 18.5. The Labute approximate surface area is 202 Å². The average Bonchev–Trinajstić information content (AvgIpc) is 2.73. The summed E-state index contributed by atoms with van der Waals surface area (Å²) in [6, 6.07) is 10.2. The second-order valence-corrected chi connectivity index (χ2v) is 8.78. The minimum Gasteiger partial charge on any atom is -0.372 e. The highest BCUT2D eigenvalue weighted by Crippen LogP contribution is 2.26. The van der Waals surface area contributed by atoms with Gasteiger partial charge in [0, 0.05) is 42.8 Å². The van der Waals surface area contributed by atoms with Crippen molar-refractivity contribution >= 4 is 52.4 Å². The SMILES string of the molecule is Cc1cc(Nc2cc(NC(=O)c3c(Cl)cccc3Cl)ccn2)nc(N2CC(C)OC(C)C2)n1. The van der Waals surface area contributed by atoms with Gasteiger partial charge in [-0.05, 0) is 39.0 Å². The maximum Gasteiger partial charge on any atom is 0.258 e. The van der Waals surface area contributed by atoms with Gasteiger partial charge in [0.15, 0.2) is 0 Å². The molecule has 3 aromatic rings. The van der Waals surface area contributed by atoms with Gasteiger partial charge in [-0.1, -0.05) is 29.3 Å². The number of ether oxygens (including phenoxy) is 1. The summed E-state index contributed by atoms with van der Waals surface area (Å²) in [5.74, 6) is 1.36. The summed E-state index contributed by atoms with van der Waals surface area (Å²) >= 11 is 12.3. The first-order chi connectivity index (χ1) is 15.8. The van der Waals surface area contributed by atoms with Crippen LogP contribution in [0.1, 0.15) is 29.9 Å². The number of morpholine rings is 1. The highest BCUT2D eigenvalue weighted by molar-refractivity contribution is 6.40. The Morgan fingerprint density at radius 3 is 2.45 bits per heavy atom. The van der Waals surface area contributed by atoms with E-state index in [-0.39, 0.29) is 27.8 Å². The monoisotopic (exact) mass is 486 g/mol. The zero-order valence-corrected chi connectivity index (χ0v) is 20.0. The number of pyridine rings is 1. The number of amides is 1. The Hall–Kier alpha value is -2.94. The third-order valence-corrected chi connectivity index (χ3v) is 5.64. The number of hydrogen-bond donors (Lipinski definition) is 2. The summed E-state index contributed by atoms with van der Waals surface area (Å²) in [7, 11) is 0. The van der Waals surface area contributed by atoms with Gasteiger partial charge >= 0.3 is 0 Å². The molecule has 33 heavy (non-hydrogen) atoms. The summed E-state index contributed by atoms with van der Waals surface area (Å²) in [6.45, 7) is 7.44. The summed E-state index contributed by atoms with van der Waals surface area (Å²) in [5, 5.41) is 6.57. The number of carbonyl (C=O) groups is 1. The van der Waals surface area contributed by atoms with Crippen molar-refractivity contribution in [2.75, 3.05) is 28.6 Å². The molecule has 2 unspecified atom stereocenters. The molecule has 8 nitrogen and oxygen atoms in total. The molecule has 1 fully saturated rings. The Morgan fingerprint density at radius 2 is 1.76 bits per heavy atom. The van der Waals surface area contributed by atoms with Crippen LogP contribution in [0.3, 0.4) is 0 Å². The third kappa shape index (κ3) is 5.71. The lowest BCUT2D eigenvalue weighted by Crippen LogP contribution is -2.46. The molecule has 2 N–H and O–H groups in total. The van der Waals surface area contributed by atoms with Crippen molar-refractivity contribution in [3.05, 3.63) is 63.9 Å². The van der Waals surface area contributed by atoms with Gasteiger partial charge in [0.2, 0.25) is 5.95 Å². The van der Waals surface area contributed by atoms with Crippen LogP contribution in [-0.2, 0) is 4.74 Å². The van der Waals surface area contributed by atoms with Gasteiger partial charge in [-0.3, -0.25) is 4.79 Å². The zero-order chi connectivity index (χ0) is 23.5. The van der Waals surface area contributed by atoms with Crippen LogP contribution in [0.2, 0.25) is 10.0 Å².